The zero-order chi connectivity index (χ0) is 15.4. The lowest BCUT2D eigenvalue weighted by atomic mass is 10.2. The Hall–Kier alpha value is -1.75. The number of hydrogen-bond acceptors (Lipinski definition) is 4. The van der Waals surface area contributed by atoms with Gasteiger partial charge in [-0.05, 0) is 42.0 Å². The number of carbonyl (C=O) groups is 2. The first kappa shape index (κ1) is 15.6. The molecule has 1 aromatic carbocycles. The van der Waals surface area contributed by atoms with Gasteiger partial charge in [-0.3, -0.25) is 14.5 Å². The lowest BCUT2D eigenvalue weighted by molar-refractivity contribution is -0.122. The van der Waals surface area contributed by atoms with Gasteiger partial charge in [0.25, 0.3) is 11.1 Å². The van der Waals surface area contributed by atoms with Crippen LogP contribution in [0.5, 0.6) is 0 Å². The molecule has 5 heteroatoms. The Balaban J connectivity index is 2.14. The molecule has 1 saturated heterocycles. The highest BCUT2D eigenvalue weighted by Crippen LogP contribution is 2.32. The molecule has 0 aliphatic carbocycles. The van der Waals surface area contributed by atoms with Crippen molar-refractivity contribution in [3.8, 4) is 0 Å². The van der Waals surface area contributed by atoms with Crippen molar-refractivity contribution in [2.75, 3.05) is 25.5 Å². The molecule has 0 radical (unpaired) electrons. The Labute approximate surface area is 129 Å². The summed E-state index contributed by atoms with van der Waals surface area (Å²) in [6.07, 6.45) is 3.60. The van der Waals surface area contributed by atoms with E-state index in [1.165, 1.54) is 4.90 Å². The highest BCUT2D eigenvalue weighted by molar-refractivity contribution is 8.18. The van der Waals surface area contributed by atoms with Gasteiger partial charge in [0.05, 0.1) is 4.91 Å². The van der Waals surface area contributed by atoms with Crippen molar-refractivity contribution < 1.29 is 9.59 Å². The number of imide groups is 1. The first-order valence-electron chi connectivity index (χ1n) is 7.05. The molecule has 0 atom stereocenters. The van der Waals surface area contributed by atoms with E-state index in [0.717, 1.165) is 35.9 Å². The summed E-state index contributed by atoms with van der Waals surface area (Å²) < 4.78 is 0. The summed E-state index contributed by atoms with van der Waals surface area (Å²) in [5.41, 5.74) is 2.03. The van der Waals surface area contributed by atoms with Gasteiger partial charge >= 0.3 is 0 Å². The lowest BCUT2D eigenvalue weighted by Crippen LogP contribution is -2.29. The molecular formula is C16H20N2O2S. The number of amides is 2. The summed E-state index contributed by atoms with van der Waals surface area (Å²) in [6.45, 7) is 2.55. The van der Waals surface area contributed by atoms with E-state index in [2.05, 4.69) is 0 Å². The first-order valence-corrected chi connectivity index (χ1v) is 7.87. The Morgan fingerprint density at radius 2 is 1.86 bits per heavy atom. The molecule has 4 nitrogen and oxygen atoms in total. The molecule has 0 N–H and O–H groups in total. The van der Waals surface area contributed by atoms with Crippen LogP contribution in [0.25, 0.3) is 6.08 Å². The van der Waals surface area contributed by atoms with Crippen LogP contribution >= 0.6 is 11.8 Å². The molecule has 1 aliphatic heterocycles. The minimum atomic E-state index is -0.171. The van der Waals surface area contributed by atoms with Crippen LogP contribution < -0.4 is 4.90 Å². The Morgan fingerprint density at radius 3 is 2.43 bits per heavy atom. The molecule has 1 aromatic rings. The van der Waals surface area contributed by atoms with E-state index < -0.39 is 0 Å². The third kappa shape index (κ3) is 3.67. The van der Waals surface area contributed by atoms with E-state index >= 15 is 0 Å². The van der Waals surface area contributed by atoms with Crippen LogP contribution in [0, 0.1) is 0 Å². The van der Waals surface area contributed by atoms with Crippen LogP contribution in [-0.4, -0.2) is 36.7 Å². The lowest BCUT2D eigenvalue weighted by Gasteiger charge is -2.12. The Morgan fingerprint density at radius 1 is 1.19 bits per heavy atom. The number of benzene rings is 1. The molecule has 1 heterocycles. The zero-order valence-corrected chi connectivity index (χ0v) is 13.4. The van der Waals surface area contributed by atoms with Crippen LogP contribution in [0.1, 0.15) is 25.3 Å². The topological polar surface area (TPSA) is 40.6 Å². The highest BCUT2D eigenvalue weighted by atomic mass is 32.2. The number of thioether (sulfide) groups is 1. The number of carbonyl (C=O) groups excluding carboxylic acids is 2. The van der Waals surface area contributed by atoms with Crippen molar-refractivity contribution in [1.29, 1.82) is 0 Å². The van der Waals surface area contributed by atoms with Gasteiger partial charge in [-0.25, -0.2) is 0 Å². The van der Waals surface area contributed by atoms with Gasteiger partial charge in [0.1, 0.15) is 0 Å². The molecule has 0 aromatic heterocycles. The summed E-state index contributed by atoms with van der Waals surface area (Å²) in [4.78, 5) is 27.9. The van der Waals surface area contributed by atoms with Crippen LogP contribution in [0.3, 0.4) is 0 Å². The Bertz CT molecular complexity index is 564. The average molecular weight is 304 g/mol. The fourth-order valence-electron chi connectivity index (χ4n) is 2.03. The molecule has 0 saturated carbocycles. The fraction of sp³-hybridized carbons (Fsp3) is 0.375. The number of anilines is 1. The molecule has 1 fully saturated rings. The Kier molecular flexibility index (Phi) is 5.07. The van der Waals surface area contributed by atoms with Crippen LogP contribution in [-0.2, 0) is 4.79 Å². The van der Waals surface area contributed by atoms with E-state index in [-0.39, 0.29) is 11.1 Å². The minimum Gasteiger partial charge on any atom is -0.378 e. The number of rotatable bonds is 5. The molecule has 112 valence electrons. The van der Waals surface area contributed by atoms with E-state index in [4.69, 9.17) is 0 Å². The van der Waals surface area contributed by atoms with Crippen molar-refractivity contribution in [2.24, 2.45) is 0 Å². The third-order valence-electron chi connectivity index (χ3n) is 3.32. The van der Waals surface area contributed by atoms with Gasteiger partial charge in [-0.1, -0.05) is 25.5 Å². The van der Waals surface area contributed by atoms with Crippen molar-refractivity contribution in [2.45, 2.75) is 19.8 Å². The summed E-state index contributed by atoms with van der Waals surface area (Å²) in [7, 11) is 3.96. The molecule has 0 unspecified atom stereocenters. The fourth-order valence-corrected chi connectivity index (χ4v) is 2.89. The smallest absolute Gasteiger partial charge is 0.293 e. The van der Waals surface area contributed by atoms with E-state index in [0.29, 0.717) is 11.4 Å². The SMILES string of the molecule is CCCCN1C(=O)SC(=Cc2ccc(N(C)C)cc2)C1=O. The summed E-state index contributed by atoms with van der Waals surface area (Å²) >= 11 is 1.03. The summed E-state index contributed by atoms with van der Waals surface area (Å²) in [6, 6.07) is 7.89. The van der Waals surface area contributed by atoms with Gasteiger partial charge in [-0.15, -0.1) is 0 Å². The highest BCUT2D eigenvalue weighted by Gasteiger charge is 2.34. The molecule has 2 rings (SSSR count). The van der Waals surface area contributed by atoms with E-state index in [1.54, 1.807) is 6.08 Å². The first-order chi connectivity index (χ1) is 10.0. The normalized spacial score (nSPS) is 16.9. The van der Waals surface area contributed by atoms with Crippen LogP contribution in [0.15, 0.2) is 29.2 Å². The second-order valence-corrected chi connectivity index (χ2v) is 6.17. The van der Waals surface area contributed by atoms with Gasteiger partial charge in [0.2, 0.25) is 0 Å². The number of nitrogens with zero attached hydrogens (tertiary/aromatic N) is 2. The second kappa shape index (κ2) is 6.80. The predicted molar refractivity (Wildman–Crippen MR) is 88.4 cm³/mol. The van der Waals surface area contributed by atoms with Crippen LogP contribution in [0.4, 0.5) is 10.5 Å². The molecule has 2 amide bonds. The quantitative estimate of drug-likeness (QED) is 0.780. The van der Waals surface area contributed by atoms with E-state index in [1.807, 2.05) is 50.2 Å². The standard InChI is InChI=1S/C16H20N2O2S/c1-4-5-10-18-15(19)14(21-16(18)20)11-12-6-8-13(9-7-12)17(2)3/h6-9,11H,4-5,10H2,1-3H3. The third-order valence-corrected chi connectivity index (χ3v) is 4.22. The van der Waals surface area contributed by atoms with Crippen molar-refractivity contribution >= 4 is 34.7 Å². The summed E-state index contributed by atoms with van der Waals surface area (Å²) in [5.74, 6) is -0.171. The minimum absolute atomic E-state index is 0.162. The molecule has 0 spiro atoms. The van der Waals surface area contributed by atoms with Crippen molar-refractivity contribution in [3.63, 3.8) is 0 Å². The maximum Gasteiger partial charge on any atom is 0.293 e. The van der Waals surface area contributed by atoms with Gasteiger partial charge in [-0.2, -0.15) is 0 Å². The van der Waals surface area contributed by atoms with Crippen molar-refractivity contribution in [3.05, 3.63) is 34.7 Å². The monoisotopic (exact) mass is 304 g/mol. The van der Waals surface area contributed by atoms with Gasteiger partial charge in [0, 0.05) is 26.3 Å². The van der Waals surface area contributed by atoms with Gasteiger partial charge < -0.3 is 4.90 Å². The largest absolute Gasteiger partial charge is 0.378 e. The second-order valence-electron chi connectivity index (χ2n) is 5.17. The maximum absolute atomic E-state index is 12.2. The molecule has 0 bridgehead atoms. The number of hydrogen-bond donors (Lipinski definition) is 0. The molecular weight excluding hydrogens is 284 g/mol. The zero-order valence-electron chi connectivity index (χ0n) is 12.6. The van der Waals surface area contributed by atoms with Crippen LogP contribution in [0.2, 0.25) is 0 Å². The molecule has 1 aliphatic rings. The maximum atomic E-state index is 12.2. The predicted octanol–water partition coefficient (Wildman–Crippen LogP) is 3.59. The average Bonchev–Trinajstić information content (AvgIpc) is 2.72. The van der Waals surface area contributed by atoms with Crippen molar-refractivity contribution in [1.82, 2.24) is 4.90 Å². The molecule has 21 heavy (non-hydrogen) atoms. The van der Waals surface area contributed by atoms with E-state index in [9.17, 15) is 9.59 Å². The number of unbranched alkanes of at least 4 members (excludes halogenated alkanes) is 1. The van der Waals surface area contributed by atoms with Gasteiger partial charge in [0.15, 0.2) is 0 Å². The summed E-state index contributed by atoms with van der Waals surface area (Å²) in [5, 5.41) is -0.162.